The molecule has 0 fully saturated rings. The van der Waals surface area contributed by atoms with E-state index >= 15 is 0 Å². The number of hydrogen-bond acceptors (Lipinski definition) is 6. The normalized spacial score (nSPS) is 10.6. The number of nitrogens with zero attached hydrogens (tertiary/aromatic N) is 4. The number of aromatic nitrogens is 4. The van der Waals surface area contributed by atoms with Crippen LogP contribution in [-0.4, -0.2) is 24.4 Å². The lowest BCUT2D eigenvalue weighted by Crippen LogP contribution is -2.22. The number of imidazole rings is 1. The Morgan fingerprint density at radius 3 is 2.83 bits per heavy atom. The van der Waals surface area contributed by atoms with Crippen molar-refractivity contribution in [2.24, 2.45) is 0 Å². The van der Waals surface area contributed by atoms with E-state index in [1.807, 2.05) is 6.07 Å². The summed E-state index contributed by atoms with van der Waals surface area (Å²) in [5, 5.41) is 20.0. The van der Waals surface area contributed by atoms with Crippen LogP contribution in [0.25, 0.3) is 16.6 Å². The van der Waals surface area contributed by atoms with E-state index in [1.54, 1.807) is 0 Å². The summed E-state index contributed by atoms with van der Waals surface area (Å²) in [4.78, 5) is 42.2. The van der Waals surface area contributed by atoms with Crippen LogP contribution in [0, 0.1) is 21.4 Å². The molecule has 0 saturated heterocycles. The minimum absolute atomic E-state index is 0.0578. The van der Waals surface area contributed by atoms with E-state index in [4.69, 9.17) is 5.26 Å². The highest BCUT2D eigenvalue weighted by atomic mass is 16.6. The van der Waals surface area contributed by atoms with Crippen LogP contribution in [0.3, 0.4) is 0 Å². The maximum Gasteiger partial charge on any atom is 0.326 e. The van der Waals surface area contributed by atoms with Gasteiger partial charge in [-0.05, 0) is 6.07 Å². The first kappa shape index (κ1) is 14.2. The zero-order valence-electron chi connectivity index (χ0n) is 11.4. The Labute approximate surface area is 126 Å². The summed E-state index contributed by atoms with van der Waals surface area (Å²) in [5.74, 6) is 0. The van der Waals surface area contributed by atoms with Crippen molar-refractivity contribution in [2.75, 3.05) is 0 Å². The smallest absolute Gasteiger partial charge is 0.307 e. The van der Waals surface area contributed by atoms with Crippen molar-refractivity contribution in [1.29, 1.82) is 5.26 Å². The fourth-order valence-electron chi connectivity index (χ4n) is 2.21. The fraction of sp³-hybridized carbons (Fsp3) is 0.0769. The van der Waals surface area contributed by atoms with Gasteiger partial charge in [0.25, 0.3) is 11.2 Å². The molecule has 10 nitrogen and oxygen atoms in total. The number of nitro benzene ring substituents is 1. The molecule has 0 radical (unpaired) electrons. The summed E-state index contributed by atoms with van der Waals surface area (Å²) in [6, 6.07) is 4.33. The van der Waals surface area contributed by atoms with Crippen molar-refractivity contribution in [3.05, 3.63) is 61.3 Å². The Bertz CT molecular complexity index is 1080. The molecule has 2 heterocycles. The number of nitrogens with one attached hydrogen (secondary N) is 2. The number of nitriles is 1. The van der Waals surface area contributed by atoms with Gasteiger partial charge in [-0.15, -0.1) is 0 Å². The van der Waals surface area contributed by atoms with E-state index in [2.05, 4.69) is 15.0 Å². The van der Waals surface area contributed by atoms with Crippen LogP contribution in [0.4, 0.5) is 5.69 Å². The van der Waals surface area contributed by atoms with Crippen molar-refractivity contribution in [3.63, 3.8) is 0 Å². The zero-order chi connectivity index (χ0) is 16.6. The van der Waals surface area contributed by atoms with E-state index in [9.17, 15) is 19.7 Å². The third kappa shape index (κ3) is 2.46. The Morgan fingerprint density at radius 2 is 2.13 bits per heavy atom. The van der Waals surface area contributed by atoms with Crippen molar-refractivity contribution in [2.45, 2.75) is 6.42 Å². The summed E-state index contributed by atoms with van der Waals surface area (Å²) in [5.41, 5.74) is -1.10. The maximum absolute atomic E-state index is 11.9. The Kier molecular flexibility index (Phi) is 3.23. The van der Waals surface area contributed by atoms with Gasteiger partial charge in [0, 0.05) is 12.3 Å². The third-order valence-electron chi connectivity index (χ3n) is 3.21. The standard InChI is InChI=1S/C13H8N6O4/c14-2-1-7-5-18(6-15-7)10-3-8-9(4-11(10)19(22)23)16-13(21)17-12(8)20/h3-6H,1H2,(H2,16,17,20,21). The predicted molar refractivity (Wildman–Crippen MR) is 78.3 cm³/mol. The molecule has 0 amide bonds. The van der Waals surface area contributed by atoms with Gasteiger partial charge in [0.15, 0.2) is 0 Å². The summed E-state index contributed by atoms with van der Waals surface area (Å²) < 4.78 is 1.36. The molecule has 0 saturated carbocycles. The van der Waals surface area contributed by atoms with Gasteiger partial charge >= 0.3 is 5.69 Å². The lowest BCUT2D eigenvalue weighted by molar-refractivity contribution is -0.384. The first-order chi connectivity index (χ1) is 11.0. The van der Waals surface area contributed by atoms with Gasteiger partial charge < -0.3 is 4.98 Å². The second kappa shape index (κ2) is 5.23. The van der Waals surface area contributed by atoms with E-state index < -0.39 is 16.2 Å². The molecule has 0 aliphatic carbocycles. The number of hydrogen-bond donors (Lipinski definition) is 2. The molecule has 1 aromatic carbocycles. The van der Waals surface area contributed by atoms with Crippen molar-refractivity contribution >= 4 is 16.6 Å². The minimum Gasteiger partial charge on any atom is -0.307 e. The number of H-pyrrole nitrogens is 2. The van der Waals surface area contributed by atoms with Crippen LogP contribution in [0.15, 0.2) is 34.2 Å². The zero-order valence-corrected chi connectivity index (χ0v) is 11.4. The van der Waals surface area contributed by atoms with Crippen molar-refractivity contribution < 1.29 is 4.92 Å². The Hall–Kier alpha value is -3.74. The van der Waals surface area contributed by atoms with Gasteiger partial charge in [-0.25, -0.2) is 9.78 Å². The van der Waals surface area contributed by atoms with Gasteiger partial charge in [0.2, 0.25) is 0 Å². The SMILES string of the molecule is N#CCc1cn(-c2cc3c(=O)[nH]c(=O)[nH]c3cc2[N+](=O)[O-])cn1. The summed E-state index contributed by atoms with van der Waals surface area (Å²) in [6.45, 7) is 0. The van der Waals surface area contributed by atoms with E-state index in [0.29, 0.717) is 5.69 Å². The number of benzene rings is 1. The molecule has 3 rings (SSSR count). The van der Waals surface area contributed by atoms with Gasteiger partial charge in [-0.1, -0.05) is 0 Å². The second-order valence-electron chi connectivity index (χ2n) is 4.66. The van der Waals surface area contributed by atoms with Gasteiger partial charge in [-0.3, -0.25) is 24.5 Å². The quantitative estimate of drug-likeness (QED) is 0.527. The van der Waals surface area contributed by atoms with Gasteiger partial charge in [0.05, 0.1) is 40.3 Å². The molecule has 2 N–H and O–H groups in total. The molecule has 0 unspecified atom stereocenters. The van der Waals surface area contributed by atoms with E-state index in [1.165, 1.54) is 23.2 Å². The average molecular weight is 312 g/mol. The highest BCUT2D eigenvalue weighted by molar-refractivity contribution is 5.84. The van der Waals surface area contributed by atoms with Crippen LogP contribution >= 0.6 is 0 Å². The van der Waals surface area contributed by atoms with Gasteiger partial charge in [-0.2, -0.15) is 5.26 Å². The topological polar surface area (TPSA) is 150 Å². The molecular formula is C13H8N6O4. The molecular weight excluding hydrogens is 304 g/mol. The highest BCUT2D eigenvalue weighted by Crippen LogP contribution is 2.26. The Balaban J connectivity index is 2.31. The number of rotatable bonds is 3. The molecule has 10 heteroatoms. The van der Waals surface area contributed by atoms with Crippen LogP contribution in [-0.2, 0) is 6.42 Å². The lowest BCUT2D eigenvalue weighted by Gasteiger charge is -2.05. The van der Waals surface area contributed by atoms with E-state index in [0.717, 1.165) is 6.07 Å². The number of nitro groups is 1. The predicted octanol–water partition coefficient (Wildman–Crippen LogP) is 0.376. The maximum atomic E-state index is 11.9. The van der Waals surface area contributed by atoms with Crippen LogP contribution < -0.4 is 11.2 Å². The molecule has 0 aliphatic rings. The lowest BCUT2D eigenvalue weighted by atomic mass is 10.2. The molecule has 2 aromatic heterocycles. The highest BCUT2D eigenvalue weighted by Gasteiger charge is 2.19. The monoisotopic (exact) mass is 312 g/mol. The van der Waals surface area contributed by atoms with Crippen LogP contribution in [0.1, 0.15) is 5.69 Å². The van der Waals surface area contributed by atoms with Crippen LogP contribution in [0.5, 0.6) is 0 Å². The molecule has 0 bridgehead atoms. The van der Waals surface area contributed by atoms with Crippen LogP contribution in [0.2, 0.25) is 0 Å². The first-order valence-corrected chi connectivity index (χ1v) is 6.34. The van der Waals surface area contributed by atoms with E-state index in [-0.39, 0.29) is 28.7 Å². The molecule has 0 spiro atoms. The molecule has 0 atom stereocenters. The van der Waals surface area contributed by atoms with Crippen molar-refractivity contribution in [3.8, 4) is 11.8 Å². The summed E-state index contributed by atoms with van der Waals surface area (Å²) in [6.07, 6.45) is 2.85. The summed E-state index contributed by atoms with van der Waals surface area (Å²) >= 11 is 0. The molecule has 23 heavy (non-hydrogen) atoms. The Morgan fingerprint density at radius 1 is 1.35 bits per heavy atom. The molecule has 0 aliphatic heterocycles. The van der Waals surface area contributed by atoms with Gasteiger partial charge in [0.1, 0.15) is 5.69 Å². The largest absolute Gasteiger partial charge is 0.326 e. The minimum atomic E-state index is -0.747. The summed E-state index contributed by atoms with van der Waals surface area (Å²) in [7, 11) is 0. The second-order valence-corrected chi connectivity index (χ2v) is 4.66. The van der Waals surface area contributed by atoms with Crippen molar-refractivity contribution in [1.82, 2.24) is 19.5 Å². The first-order valence-electron chi connectivity index (χ1n) is 6.34. The fourth-order valence-corrected chi connectivity index (χ4v) is 2.21. The number of aromatic amines is 2. The number of fused-ring (bicyclic) bond motifs is 1. The molecule has 114 valence electrons. The average Bonchev–Trinajstić information content (AvgIpc) is 2.94. The third-order valence-corrected chi connectivity index (χ3v) is 3.21. The molecule has 3 aromatic rings.